The standard InChI is InChI=1S/C13H20N2O4S/c1-10-9-15(7-6-14-10)20(16,17)13-8-11(18-2)4-5-12(13)19-3/h4-5,8,10,14H,6-7,9H2,1-3H3/t10-/m0/s1. The lowest BCUT2D eigenvalue weighted by atomic mass is 10.3. The Kier molecular flexibility index (Phi) is 4.52. The molecule has 0 aliphatic carbocycles. The van der Waals surface area contributed by atoms with Crippen molar-refractivity contribution in [3.63, 3.8) is 0 Å². The number of nitrogens with one attached hydrogen (secondary N) is 1. The maximum atomic E-state index is 12.7. The highest BCUT2D eigenvalue weighted by molar-refractivity contribution is 7.89. The van der Waals surface area contributed by atoms with E-state index in [1.807, 2.05) is 6.92 Å². The van der Waals surface area contributed by atoms with Gasteiger partial charge in [0.1, 0.15) is 16.4 Å². The van der Waals surface area contributed by atoms with Crippen molar-refractivity contribution in [3.8, 4) is 11.5 Å². The largest absolute Gasteiger partial charge is 0.497 e. The third kappa shape index (κ3) is 2.89. The average molecular weight is 300 g/mol. The van der Waals surface area contributed by atoms with Gasteiger partial charge in [-0.1, -0.05) is 0 Å². The van der Waals surface area contributed by atoms with Crippen LogP contribution in [-0.2, 0) is 10.0 Å². The molecule has 0 aromatic heterocycles. The van der Waals surface area contributed by atoms with Crippen molar-refractivity contribution >= 4 is 10.0 Å². The maximum Gasteiger partial charge on any atom is 0.246 e. The van der Waals surface area contributed by atoms with Gasteiger partial charge in [0.2, 0.25) is 10.0 Å². The molecule has 1 saturated heterocycles. The molecule has 0 bridgehead atoms. The van der Waals surface area contributed by atoms with Crippen molar-refractivity contribution < 1.29 is 17.9 Å². The Bertz CT molecular complexity index is 574. The first-order valence-electron chi connectivity index (χ1n) is 6.44. The minimum Gasteiger partial charge on any atom is -0.497 e. The number of hydrogen-bond donors (Lipinski definition) is 1. The smallest absolute Gasteiger partial charge is 0.246 e. The van der Waals surface area contributed by atoms with Crippen LogP contribution in [0.4, 0.5) is 0 Å². The van der Waals surface area contributed by atoms with Crippen LogP contribution in [0.3, 0.4) is 0 Å². The normalized spacial score (nSPS) is 20.6. The molecule has 0 saturated carbocycles. The third-order valence-corrected chi connectivity index (χ3v) is 5.21. The van der Waals surface area contributed by atoms with E-state index in [0.717, 1.165) is 0 Å². The van der Waals surface area contributed by atoms with Gasteiger partial charge in [0.15, 0.2) is 0 Å². The second kappa shape index (κ2) is 5.99. The van der Waals surface area contributed by atoms with Crippen molar-refractivity contribution in [2.45, 2.75) is 17.9 Å². The summed E-state index contributed by atoms with van der Waals surface area (Å²) in [6, 6.07) is 4.92. The zero-order valence-corrected chi connectivity index (χ0v) is 12.7. The molecule has 0 unspecified atom stereocenters. The molecule has 1 aliphatic rings. The van der Waals surface area contributed by atoms with Crippen LogP contribution < -0.4 is 14.8 Å². The first-order valence-corrected chi connectivity index (χ1v) is 7.88. The summed E-state index contributed by atoms with van der Waals surface area (Å²) in [5, 5.41) is 3.22. The van der Waals surface area contributed by atoms with Crippen molar-refractivity contribution in [1.29, 1.82) is 0 Å². The average Bonchev–Trinajstić information content (AvgIpc) is 2.46. The molecule has 1 N–H and O–H groups in total. The Labute approximate surface area is 119 Å². The molecular formula is C13H20N2O4S. The van der Waals surface area contributed by atoms with Gasteiger partial charge in [-0.25, -0.2) is 8.42 Å². The summed E-state index contributed by atoms with van der Waals surface area (Å²) in [7, 11) is -0.617. The highest BCUT2D eigenvalue weighted by Crippen LogP contribution is 2.30. The predicted molar refractivity (Wildman–Crippen MR) is 75.8 cm³/mol. The van der Waals surface area contributed by atoms with E-state index in [1.54, 1.807) is 12.1 Å². The summed E-state index contributed by atoms with van der Waals surface area (Å²) in [6.07, 6.45) is 0. The highest BCUT2D eigenvalue weighted by Gasteiger charge is 2.31. The Morgan fingerprint density at radius 2 is 2.05 bits per heavy atom. The molecule has 0 spiro atoms. The lowest BCUT2D eigenvalue weighted by Gasteiger charge is -2.31. The SMILES string of the molecule is COc1ccc(OC)c(S(=O)(=O)N2CCN[C@@H](C)C2)c1. The Hall–Kier alpha value is -1.31. The molecule has 6 nitrogen and oxygen atoms in total. The van der Waals surface area contributed by atoms with Gasteiger partial charge in [0.05, 0.1) is 14.2 Å². The molecule has 0 amide bonds. The Morgan fingerprint density at radius 1 is 1.30 bits per heavy atom. The summed E-state index contributed by atoms with van der Waals surface area (Å²) in [6.45, 7) is 3.51. The molecule has 1 aromatic carbocycles. The van der Waals surface area contributed by atoms with Gasteiger partial charge in [-0.3, -0.25) is 0 Å². The van der Waals surface area contributed by atoms with Gasteiger partial charge >= 0.3 is 0 Å². The second-order valence-electron chi connectivity index (χ2n) is 4.74. The van der Waals surface area contributed by atoms with E-state index in [0.29, 0.717) is 31.1 Å². The van der Waals surface area contributed by atoms with Crippen molar-refractivity contribution in [3.05, 3.63) is 18.2 Å². The predicted octanol–water partition coefficient (Wildman–Crippen LogP) is 0.686. The topological polar surface area (TPSA) is 67.9 Å². The lowest BCUT2D eigenvalue weighted by Crippen LogP contribution is -2.51. The first-order chi connectivity index (χ1) is 9.48. The van der Waals surface area contributed by atoms with E-state index >= 15 is 0 Å². The van der Waals surface area contributed by atoms with Crippen LogP contribution >= 0.6 is 0 Å². The van der Waals surface area contributed by atoms with E-state index in [1.165, 1.54) is 24.6 Å². The molecule has 1 aromatic rings. The summed E-state index contributed by atoms with van der Waals surface area (Å²) < 4.78 is 37.2. The second-order valence-corrected chi connectivity index (χ2v) is 6.64. The third-order valence-electron chi connectivity index (χ3n) is 3.32. The van der Waals surface area contributed by atoms with Crippen LogP contribution in [0.2, 0.25) is 0 Å². The summed E-state index contributed by atoms with van der Waals surface area (Å²) >= 11 is 0. The molecule has 1 atom stereocenters. The van der Waals surface area contributed by atoms with Crippen LogP contribution in [0.5, 0.6) is 11.5 Å². The van der Waals surface area contributed by atoms with Crippen LogP contribution in [0.25, 0.3) is 0 Å². The maximum absolute atomic E-state index is 12.7. The van der Waals surface area contributed by atoms with Crippen molar-refractivity contribution in [2.75, 3.05) is 33.9 Å². The quantitative estimate of drug-likeness (QED) is 0.886. The van der Waals surface area contributed by atoms with E-state index in [4.69, 9.17) is 9.47 Å². The van der Waals surface area contributed by atoms with E-state index in [9.17, 15) is 8.42 Å². The van der Waals surface area contributed by atoms with Crippen LogP contribution in [0.1, 0.15) is 6.92 Å². The van der Waals surface area contributed by atoms with Gasteiger partial charge in [-0.05, 0) is 19.1 Å². The van der Waals surface area contributed by atoms with Gasteiger partial charge in [-0.15, -0.1) is 0 Å². The van der Waals surface area contributed by atoms with E-state index < -0.39 is 10.0 Å². The summed E-state index contributed by atoms with van der Waals surface area (Å²) in [5.41, 5.74) is 0. The fourth-order valence-electron chi connectivity index (χ4n) is 2.24. The van der Waals surface area contributed by atoms with Gasteiger partial charge in [0, 0.05) is 31.7 Å². The van der Waals surface area contributed by atoms with Crippen molar-refractivity contribution in [2.24, 2.45) is 0 Å². The lowest BCUT2D eigenvalue weighted by molar-refractivity contribution is 0.308. The first kappa shape index (κ1) is 15.1. The number of benzene rings is 1. The minimum absolute atomic E-state index is 0.134. The van der Waals surface area contributed by atoms with E-state index in [2.05, 4.69) is 5.32 Å². The molecule has 1 fully saturated rings. The fraction of sp³-hybridized carbons (Fsp3) is 0.538. The van der Waals surface area contributed by atoms with Gasteiger partial charge in [-0.2, -0.15) is 4.31 Å². The number of hydrogen-bond acceptors (Lipinski definition) is 5. The molecule has 20 heavy (non-hydrogen) atoms. The monoisotopic (exact) mass is 300 g/mol. The zero-order valence-electron chi connectivity index (χ0n) is 11.9. The molecule has 112 valence electrons. The Morgan fingerprint density at radius 3 is 2.65 bits per heavy atom. The number of sulfonamides is 1. The van der Waals surface area contributed by atoms with Crippen LogP contribution in [-0.4, -0.2) is 52.6 Å². The minimum atomic E-state index is -3.58. The van der Waals surface area contributed by atoms with Gasteiger partial charge < -0.3 is 14.8 Å². The van der Waals surface area contributed by atoms with Crippen LogP contribution in [0, 0.1) is 0 Å². The molecule has 2 rings (SSSR count). The molecular weight excluding hydrogens is 280 g/mol. The fourth-order valence-corrected chi connectivity index (χ4v) is 3.94. The molecule has 1 heterocycles. The number of methoxy groups -OCH3 is 2. The molecule has 7 heteroatoms. The van der Waals surface area contributed by atoms with Crippen molar-refractivity contribution in [1.82, 2.24) is 9.62 Å². The number of ether oxygens (including phenoxy) is 2. The summed E-state index contributed by atoms with van der Waals surface area (Å²) in [4.78, 5) is 0.147. The number of piperazine rings is 1. The highest BCUT2D eigenvalue weighted by atomic mass is 32.2. The molecule has 1 aliphatic heterocycles. The Balaban J connectivity index is 2.42. The summed E-state index contributed by atoms with van der Waals surface area (Å²) in [5.74, 6) is 0.824. The molecule has 0 radical (unpaired) electrons. The van der Waals surface area contributed by atoms with E-state index in [-0.39, 0.29) is 10.9 Å². The zero-order chi connectivity index (χ0) is 14.8. The number of rotatable bonds is 4. The van der Waals surface area contributed by atoms with Crippen LogP contribution in [0.15, 0.2) is 23.1 Å². The number of nitrogens with zero attached hydrogens (tertiary/aromatic N) is 1. The van der Waals surface area contributed by atoms with Gasteiger partial charge in [0.25, 0.3) is 0 Å².